The van der Waals surface area contributed by atoms with Crippen molar-refractivity contribution in [3.05, 3.63) is 48.0 Å². The minimum absolute atomic E-state index is 0.307. The number of phenols is 1. The van der Waals surface area contributed by atoms with Crippen LogP contribution in [0.5, 0.6) is 5.75 Å². The molecule has 0 spiro atoms. The van der Waals surface area contributed by atoms with Gasteiger partial charge in [-0.2, -0.15) is 0 Å². The Kier molecular flexibility index (Phi) is 3.88. The summed E-state index contributed by atoms with van der Waals surface area (Å²) in [6.07, 6.45) is 2.00. The van der Waals surface area contributed by atoms with Crippen molar-refractivity contribution in [1.82, 2.24) is 4.98 Å². The molecule has 17 heavy (non-hydrogen) atoms. The van der Waals surface area contributed by atoms with E-state index in [2.05, 4.69) is 10.3 Å². The van der Waals surface area contributed by atoms with E-state index in [0.29, 0.717) is 12.3 Å². The molecule has 2 rings (SSSR count). The van der Waals surface area contributed by atoms with Gasteiger partial charge in [0.2, 0.25) is 0 Å². The standard InChI is InChI=1S/C13H14N2OS/c1-17-13-8-4-7-12(15-13)14-9-10-5-2-3-6-11(10)16/h2-8,16H,9H2,1H3,(H,14,15). The number of benzene rings is 1. The molecule has 4 heteroatoms. The van der Waals surface area contributed by atoms with Gasteiger partial charge in [-0.15, -0.1) is 11.8 Å². The van der Waals surface area contributed by atoms with E-state index in [1.54, 1.807) is 17.8 Å². The average molecular weight is 246 g/mol. The molecular weight excluding hydrogens is 232 g/mol. The van der Waals surface area contributed by atoms with E-state index in [0.717, 1.165) is 16.4 Å². The van der Waals surface area contributed by atoms with Crippen LogP contribution in [0.25, 0.3) is 0 Å². The molecule has 0 unspecified atom stereocenters. The number of aromatic hydroxyl groups is 1. The van der Waals surface area contributed by atoms with Gasteiger partial charge in [0.05, 0.1) is 5.03 Å². The molecule has 3 nitrogen and oxygen atoms in total. The van der Waals surface area contributed by atoms with E-state index < -0.39 is 0 Å². The van der Waals surface area contributed by atoms with Crippen LogP contribution in [0.4, 0.5) is 5.82 Å². The first-order valence-electron chi connectivity index (χ1n) is 5.31. The molecule has 0 aliphatic carbocycles. The average Bonchev–Trinajstić information content (AvgIpc) is 2.38. The van der Waals surface area contributed by atoms with Crippen LogP contribution in [0.2, 0.25) is 0 Å². The first-order valence-corrected chi connectivity index (χ1v) is 6.54. The normalized spacial score (nSPS) is 10.2. The Morgan fingerprint density at radius 1 is 1.18 bits per heavy atom. The minimum atomic E-state index is 0.307. The number of phenolic OH excluding ortho intramolecular Hbond substituents is 1. The van der Waals surface area contributed by atoms with Gasteiger partial charge in [0.1, 0.15) is 11.6 Å². The second-order valence-corrected chi connectivity index (χ2v) is 4.37. The van der Waals surface area contributed by atoms with E-state index >= 15 is 0 Å². The van der Waals surface area contributed by atoms with Crippen molar-refractivity contribution >= 4 is 17.6 Å². The third kappa shape index (κ3) is 3.14. The summed E-state index contributed by atoms with van der Waals surface area (Å²) in [5.41, 5.74) is 0.865. The van der Waals surface area contributed by atoms with Gasteiger partial charge in [-0.1, -0.05) is 24.3 Å². The van der Waals surface area contributed by atoms with Gasteiger partial charge in [0, 0.05) is 12.1 Å². The van der Waals surface area contributed by atoms with Crippen LogP contribution in [0.3, 0.4) is 0 Å². The van der Waals surface area contributed by atoms with Crippen LogP contribution in [-0.2, 0) is 6.54 Å². The molecule has 1 aromatic heterocycles. The minimum Gasteiger partial charge on any atom is -0.508 e. The van der Waals surface area contributed by atoms with E-state index in [1.165, 1.54) is 0 Å². The molecule has 0 aliphatic rings. The van der Waals surface area contributed by atoms with Crippen LogP contribution in [0, 0.1) is 0 Å². The second kappa shape index (κ2) is 5.59. The molecule has 1 heterocycles. The molecule has 2 aromatic rings. The van der Waals surface area contributed by atoms with Gasteiger partial charge in [-0.05, 0) is 24.5 Å². The molecule has 1 aromatic carbocycles. The van der Waals surface area contributed by atoms with E-state index in [9.17, 15) is 5.11 Å². The van der Waals surface area contributed by atoms with Crippen molar-refractivity contribution in [2.75, 3.05) is 11.6 Å². The maximum atomic E-state index is 9.62. The zero-order chi connectivity index (χ0) is 12.1. The van der Waals surface area contributed by atoms with Crippen molar-refractivity contribution < 1.29 is 5.11 Å². The van der Waals surface area contributed by atoms with Crippen LogP contribution >= 0.6 is 11.8 Å². The molecule has 0 amide bonds. The lowest BCUT2D eigenvalue weighted by molar-refractivity contribution is 0.469. The number of anilines is 1. The van der Waals surface area contributed by atoms with Gasteiger partial charge in [0.15, 0.2) is 0 Å². The Morgan fingerprint density at radius 2 is 2.00 bits per heavy atom. The lowest BCUT2D eigenvalue weighted by Gasteiger charge is -2.07. The quantitative estimate of drug-likeness (QED) is 0.814. The smallest absolute Gasteiger partial charge is 0.127 e. The highest BCUT2D eigenvalue weighted by Crippen LogP contribution is 2.18. The highest BCUT2D eigenvalue weighted by atomic mass is 32.2. The first kappa shape index (κ1) is 11.8. The number of pyridine rings is 1. The zero-order valence-electron chi connectivity index (χ0n) is 9.55. The van der Waals surface area contributed by atoms with Crippen LogP contribution in [-0.4, -0.2) is 16.3 Å². The number of thioether (sulfide) groups is 1. The molecule has 0 fully saturated rings. The summed E-state index contributed by atoms with van der Waals surface area (Å²) in [4.78, 5) is 4.41. The fourth-order valence-electron chi connectivity index (χ4n) is 1.47. The molecule has 0 radical (unpaired) electrons. The van der Waals surface area contributed by atoms with Gasteiger partial charge in [0.25, 0.3) is 0 Å². The Balaban J connectivity index is 2.05. The third-order valence-electron chi connectivity index (χ3n) is 2.38. The second-order valence-electron chi connectivity index (χ2n) is 3.55. The summed E-state index contributed by atoms with van der Waals surface area (Å²) in [6, 6.07) is 13.1. The Hall–Kier alpha value is -1.68. The van der Waals surface area contributed by atoms with Crippen molar-refractivity contribution in [3.8, 4) is 5.75 Å². The van der Waals surface area contributed by atoms with Gasteiger partial charge < -0.3 is 10.4 Å². The predicted molar refractivity (Wildman–Crippen MR) is 71.5 cm³/mol. The third-order valence-corrected chi connectivity index (χ3v) is 3.03. The first-order chi connectivity index (χ1) is 8.29. The lowest BCUT2D eigenvalue weighted by Crippen LogP contribution is -2.01. The number of hydrogen-bond donors (Lipinski definition) is 2. The van der Waals surface area contributed by atoms with Crippen molar-refractivity contribution in [2.45, 2.75) is 11.6 Å². The number of aromatic nitrogens is 1. The Morgan fingerprint density at radius 3 is 2.76 bits per heavy atom. The number of rotatable bonds is 4. The van der Waals surface area contributed by atoms with Crippen LogP contribution < -0.4 is 5.32 Å². The molecule has 88 valence electrons. The summed E-state index contributed by atoms with van der Waals surface area (Å²) < 4.78 is 0. The van der Waals surface area contributed by atoms with Crippen LogP contribution in [0.1, 0.15) is 5.56 Å². The monoisotopic (exact) mass is 246 g/mol. The molecular formula is C13H14N2OS. The largest absolute Gasteiger partial charge is 0.508 e. The van der Waals surface area contributed by atoms with E-state index in [4.69, 9.17) is 0 Å². The summed E-state index contributed by atoms with van der Waals surface area (Å²) in [5, 5.41) is 13.8. The highest BCUT2D eigenvalue weighted by Gasteiger charge is 2.00. The van der Waals surface area contributed by atoms with E-state index in [1.807, 2.05) is 42.7 Å². The van der Waals surface area contributed by atoms with Gasteiger partial charge >= 0.3 is 0 Å². The van der Waals surface area contributed by atoms with Gasteiger partial charge in [-0.3, -0.25) is 0 Å². The van der Waals surface area contributed by atoms with Gasteiger partial charge in [-0.25, -0.2) is 4.98 Å². The summed E-state index contributed by atoms with van der Waals surface area (Å²) >= 11 is 1.61. The SMILES string of the molecule is CSc1cccc(NCc2ccccc2O)n1. The highest BCUT2D eigenvalue weighted by molar-refractivity contribution is 7.98. The topological polar surface area (TPSA) is 45.1 Å². The Bertz CT molecular complexity index is 502. The molecule has 0 saturated carbocycles. The molecule has 0 bridgehead atoms. The van der Waals surface area contributed by atoms with E-state index in [-0.39, 0.29) is 0 Å². The van der Waals surface area contributed by atoms with Crippen molar-refractivity contribution in [2.24, 2.45) is 0 Å². The number of para-hydroxylation sites is 1. The summed E-state index contributed by atoms with van der Waals surface area (Å²) in [6.45, 7) is 0.567. The summed E-state index contributed by atoms with van der Waals surface area (Å²) in [7, 11) is 0. The molecule has 0 atom stereocenters. The maximum Gasteiger partial charge on any atom is 0.127 e. The fourth-order valence-corrected chi connectivity index (χ4v) is 1.88. The van der Waals surface area contributed by atoms with Crippen molar-refractivity contribution in [1.29, 1.82) is 0 Å². The Labute approximate surface area is 105 Å². The maximum absolute atomic E-state index is 9.62. The lowest BCUT2D eigenvalue weighted by atomic mass is 10.2. The summed E-state index contributed by atoms with van der Waals surface area (Å²) in [5.74, 6) is 1.13. The predicted octanol–water partition coefficient (Wildman–Crippen LogP) is 3.12. The number of nitrogens with zero attached hydrogens (tertiary/aromatic N) is 1. The van der Waals surface area contributed by atoms with Crippen molar-refractivity contribution in [3.63, 3.8) is 0 Å². The molecule has 0 aliphatic heterocycles. The number of nitrogens with one attached hydrogen (secondary N) is 1. The van der Waals surface area contributed by atoms with Crippen LogP contribution in [0.15, 0.2) is 47.5 Å². The molecule has 2 N–H and O–H groups in total. The zero-order valence-corrected chi connectivity index (χ0v) is 10.4. The molecule has 0 saturated heterocycles. The fraction of sp³-hybridized carbons (Fsp3) is 0.154. The number of hydrogen-bond acceptors (Lipinski definition) is 4.